The molecule has 0 bridgehead atoms. The van der Waals surface area contributed by atoms with Gasteiger partial charge in [0.25, 0.3) is 11.4 Å². The molecule has 2 rings (SSSR count). The van der Waals surface area contributed by atoms with Gasteiger partial charge in [-0.15, -0.1) is 0 Å². The van der Waals surface area contributed by atoms with E-state index in [1.165, 1.54) is 18.2 Å². The van der Waals surface area contributed by atoms with E-state index in [2.05, 4.69) is 0 Å². The highest BCUT2D eigenvalue weighted by molar-refractivity contribution is 7.87. The monoisotopic (exact) mass is 324 g/mol. The van der Waals surface area contributed by atoms with Gasteiger partial charge in [0.05, 0.1) is 15.9 Å². The van der Waals surface area contributed by atoms with Crippen molar-refractivity contribution in [1.82, 2.24) is 0 Å². The van der Waals surface area contributed by atoms with Crippen LogP contribution in [0.4, 0.5) is 11.4 Å². The second-order valence-electron chi connectivity index (χ2n) is 4.04. The predicted octanol–water partition coefficient (Wildman–Crippen LogP) is 2.27. The Labute approximate surface area is 124 Å². The summed E-state index contributed by atoms with van der Waals surface area (Å²) < 4.78 is 28.8. The first kappa shape index (κ1) is 15.4. The second-order valence-corrected chi connectivity index (χ2v) is 5.59. The maximum Gasteiger partial charge on any atom is 0.339 e. The fourth-order valence-electron chi connectivity index (χ4n) is 1.56. The van der Waals surface area contributed by atoms with E-state index in [0.717, 1.165) is 30.3 Å². The van der Waals surface area contributed by atoms with Crippen molar-refractivity contribution in [3.05, 3.63) is 68.8 Å². The number of nitrogens with zero attached hydrogens (tertiary/aromatic N) is 2. The third kappa shape index (κ3) is 3.35. The molecule has 2 aromatic carbocycles. The van der Waals surface area contributed by atoms with Crippen LogP contribution in [0.2, 0.25) is 0 Å². The standard InChI is InChI=1S/C12H8N2O7S/c15-13(16)9-4-6-12(7-5-9)22(19,20)21-11-3-1-2-10(8-11)14(17)18/h1-8H. The van der Waals surface area contributed by atoms with Crippen LogP contribution in [0.5, 0.6) is 5.75 Å². The minimum atomic E-state index is -4.24. The summed E-state index contributed by atoms with van der Waals surface area (Å²) in [7, 11) is -4.24. The predicted molar refractivity (Wildman–Crippen MR) is 74.0 cm³/mol. The summed E-state index contributed by atoms with van der Waals surface area (Å²) in [5.74, 6) is -0.229. The number of rotatable bonds is 5. The summed E-state index contributed by atoms with van der Waals surface area (Å²) in [5.41, 5.74) is -0.592. The first-order valence-electron chi connectivity index (χ1n) is 5.73. The lowest BCUT2D eigenvalue weighted by atomic mass is 10.3. The first-order valence-corrected chi connectivity index (χ1v) is 7.14. The number of nitro groups is 2. The van der Waals surface area contributed by atoms with Crippen molar-refractivity contribution in [2.45, 2.75) is 4.90 Å². The largest absolute Gasteiger partial charge is 0.379 e. The number of hydrogen-bond acceptors (Lipinski definition) is 7. The molecule has 0 aliphatic rings. The molecule has 0 aromatic heterocycles. The van der Waals surface area contributed by atoms with Crippen LogP contribution in [0.25, 0.3) is 0 Å². The van der Waals surface area contributed by atoms with Crippen molar-refractivity contribution in [2.24, 2.45) is 0 Å². The maximum absolute atomic E-state index is 12.0. The second kappa shape index (κ2) is 5.77. The van der Waals surface area contributed by atoms with Crippen molar-refractivity contribution >= 4 is 21.5 Å². The van der Waals surface area contributed by atoms with Gasteiger partial charge in [-0.25, -0.2) is 0 Å². The number of non-ortho nitro benzene ring substituents is 2. The SMILES string of the molecule is O=[N+]([O-])c1ccc(S(=O)(=O)Oc2cccc([N+](=O)[O-])c2)cc1. The zero-order valence-corrected chi connectivity index (χ0v) is 11.6. The molecule has 9 nitrogen and oxygen atoms in total. The van der Waals surface area contributed by atoms with Crippen LogP contribution in [0, 0.1) is 20.2 Å². The molecule has 0 heterocycles. The minimum absolute atomic E-state index is 0.229. The normalized spacial score (nSPS) is 10.9. The average molecular weight is 324 g/mol. The fraction of sp³-hybridized carbons (Fsp3) is 0. The highest BCUT2D eigenvalue weighted by atomic mass is 32.2. The van der Waals surface area contributed by atoms with E-state index < -0.39 is 20.0 Å². The molecular formula is C12H8N2O7S. The molecule has 114 valence electrons. The average Bonchev–Trinajstić information content (AvgIpc) is 2.47. The van der Waals surface area contributed by atoms with Crippen molar-refractivity contribution in [3.63, 3.8) is 0 Å². The first-order chi connectivity index (χ1) is 10.3. The number of benzene rings is 2. The van der Waals surface area contributed by atoms with E-state index in [-0.39, 0.29) is 22.0 Å². The molecule has 0 atom stereocenters. The molecule has 0 aliphatic heterocycles. The molecule has 0 spiro atoms. The molecule has 0 N–H and O–H groups in total. The van der Waals surface area contributed by atoms with Crippen LogP contribution in [-0.2, 0) is 10.1 Å². The topological polar surface area (TPSA) is 130 Å². The Bertz CT molecular complexity index is 831. The lowest BCUT2D eigenvalue weighted by molar-refractivity contribution is -0.385. The highest BCUT2D eigenvalue weighted by Gasteiger charge is 2.19. The Kier molecular flexibility index (Phi) is 4.04. The van der Waals surface area contributed by atoms with Gasteiger partial charge >= 0.3 is 10.1 Å². The summed E-state index contributed by atoms with van der Waals surface area (Å²) >= 11 is 0. The van der Waals surface area contributed by atoms with Crippen LogP contribution in [0.3, 0.4) is 0 Å². The van der Waals surface area contributed by atoms with Gasteiger partial charge in [-0.3, -0.25) is 20.2 Å². The van der Waals surface area contributed by atoms with Gasteiger partial charge < -0.3 is 4.18 Å². The summed E-state index contributed by atoms with van der Waals surface area (Å²) in [6.07, 6.45) is 0. The van der Waals surface area contributed by atoms with E-state index in [9.17, 15) is 28.6 Å². The fourth-order valence-corrected chi connectivity index (χ4v) is 2.48. The van der Waals surface area contributed by atoms with E-state index in [0.29, 0.717) is 0 Å². The van der Waals surface area contributed by atoms with E-state index >= 15 is 0 Å². The van der Waals surface area contributed by atoms with Gasteiger partial charge in [-0.1, -0.05) is 6.07 Å². The van der Waals surface area contributed by atoms with Crippen LogP contribution in [0.15, 0.2) is 53.4 Å². The summed E-state index contributed by atoms with van der Waals surface area (Å²) in [5, 5.41) is 21.1. The lowest BCUT2D eigenvalue weighted by Gasteiger charge is -2.06. The molecule has 0 unspecified atom stereocenters. The molecule has 2 aromatic rings. The summed E-state index contributed by atoms with van der Waals surface area (Å²) in [4.78, 5) is 19.5. The lowest BCUT2D eigenvalue weighted by Crippen LogP contribution is -2.09. The quantitative estimate of drug-likeness (QED) is 0.468. The van der Waals surface area contributed by atoms with E-state index in [1.807, 2.05) is 0 Å². The molecular weight excluding hydrogens is 316 g/mol. The van der Waals surface area contributed by atoms with Crippen LogP contribution in [-0.4, -0.2) is 18.3 Å². The molecule has 0 saturated heterocycles. The Morgan fingerprint density at radius 3 is 2.00 bits per heavy atom. The van der Waals surface area contributed by atoms with Crippen LogP contribution < -0.4 is 4.18 Å². The van der Waals surface area contributed by atoms with Gasteiger partial charge in [-0.2, -0.15) is 8.42 Å². The van der Waals surface area contributed by atoms with Crippen molar-refractivity contribution in [2.75, 3.05) is 0 Å². The summed E-state index contributed by atoms with van der Waals surface area (Å²) in [6, 6.07) is 8.74. The molecule has 22 heavy (non-hydrogen) atoms. The zero-order chi connectivity index (χ0) is 16.3. The van der Waals surface area contributed by atoms with Crippen molar-refractivity contribution < 1.29 is 22.4 Å². The highest BCUT2D eigenvalue weighted by Crippen LogP contribution is 2.24. The number of hydrogen-bond donors (Lipinski definition) is 0. The number of nitro benzene ring substituents is 2. The summed E-state index contributed by atoms with van der Waals surface area (Å²) in [6.45, 7) is 0. The van der Waals surface area contributed by atoms with Gasteiger partial charge in [0.1, 0.15) is 10.6 Å². The van der Waals surface area contributed by atoms with Crippen molar-refractivity contribution in [3.8, 4) is 5.75 Å². The third-order valence-corrected chi connectivity index (χ3v) is 3.83. The van der Waals surface area contributed by atoms with E-state index in [4.69, 9.17) is 4.18 Å². The smallest absolute Gasteiger partial charge is 0.339 e. The van der Waals surface area contributed by atoms with Gasteiger partial charge in [0.2, 0.25) is 0 Å². The Hall–Kier alpha value is -3.01. The third-order valence-electron chi connectivity index (χ3n) is 2.57. The Morgan fingerprint density at radius 1 is 0.864 bits per heavy atom. The van der Waals surface area contributed by atoms with Gasteiger partial charge in [-0.05, 0) is 18.2 Å². The van der Waals surface area contributed by atoms with E-state index in [1.54, 1.807) is 0 Å². The molecule has 0 saturated carbocycles. The Balaban J connectivity index is 2.29. The van der Waals surface area contributed by atoms with Crippen molar-refractivity contribution in [1.29, 1.82) is 0 Å². The molecule has 0 radical (unpaired) electrons. The van der Waals surface area contributed by atoms with Crippen LogP contribution in [0.1, 0.15) is 0 Å². The molecule has 0 amide bonds. The molecule has 0 aliphatic carbocycles. The zero-order valence-electron chi connectivity index (χ0n) is 10.8. The van der Waals surface area contributed by atoms with Crippen LogP contribution >= 0.6 is 0 Å². The molecule has 10 heteroatoms. The molecule has 0 fully saturated rings. The maximum atomic E-state index is 12.0. The van der Waals surface area contributed by atoms with Gasteiger partial charge in [0, 0.05) is 18.2 Å². The minimum Gasteiger partial charge on any atom is -0.379 e. The Morgan fingerprint density at radius 2 is 1.45 bits per heavy atom. The van der Waals surface area contributed by atoms with Gasteiger partial charge in [0.15, 0.2) is 0 Å².